The number of halogens is 1. The van der Waals surface area contributed by atoms with Crippen LogP contribution in [0.5, 0.6) is 11.5 Å². The summed E-state index contributed by atoms with van der Waals surface area (Å²) in [5.74, 6) is 2.06. The van der Waals surface area contributed by atoms with Gasteiger partial charge in [0.1, 0.15) is 5.15 Å². The van der Waals surface area contributed by atoms with Gasteiger partial charge in [-0.25, -0.2) is 9.97 Å². The Labute approximate surface area is 130 Å². The molecule has 0 saturated carbocycles. The topological polar surface area (TPSA) is 44.2 Å². The minimum absolute atomic E-state index is 0.277. The smallest absolute Gasteiger partial charge is 0.171 e. The van der Waals surface area contributed by atoms with Gasteiger partial charge in [-0.3, -0.25) is 0 Å². The number of methoxy groups -OCH3 is 2. The van der Waals surface area contributed by atoms with Crippen LogP contribution in [0.2, 0.25) is 5.15 Å². The summed E-state index contributed by atoms with van der Waals surface area (Å²) in [6.45, 7) is 6.09. The normalized spacial score (nSPS) is 10.8. The molecule has 0 aliphatic rings. The molecule has 4 nitrogen and oxygen atoms in total. The third-order valence-corrected chi connectivity index (χ3v) is 3.60. The van der Waals surface area contributed by atoms with Crippen molar-refractivity contribution in [2.24, 2.45) is 0 Å². The van der Waals surface area contributed by atoms with E-state index < -0.39 is 0 Å². The second-order valence-corrected chi connectivity index (χ2v) is 5.39. The van der Waals surface area contributed by atoms with Gasteiger partial charge in [-0.15, -0.1) is 0 Å². The quantitative estimate of drug-likeness (QED) is 0.792. The maximum absolute atomic E-state index is 6.33. The monoisotopic (exact) mass is 306 g/mol. The predicted molar refractivity (Wildman–Crippen MR) is 84.4 cm³/mol. The van der Waals surface area contributed by atoms with Crippen LogP contribution in [0.1, 0.15) is 31.0 Å². The Bertz CT molecular complexity index is 634. The first-order valence-corrected chi connectivity index (χ1v) is 7.12. The fraction of sp³-hybridized carbons (Fsp3) is 0.375. The van der Waals surface area contributed by atoms with Gasteiger partial charge < -0.3 is 9.47 Å². The summed E-state index contributed by atoms with van der Waals surface area (Å²) in [6, 6.07) is 5.60. The molecule has 0 aliphatic carbocycles. The summed E-state index contributed by atoms with van der Waals surface area (Å²) in [5.41, 5.74) is 2.62. The minimum atomic E-state index is 0.277. The van der Waals surface area contributed by atoms with E-state index in [4.69, 9.17) is 21.1 Å². The molecule has 112 valence electrons. The summed E-state index contributed by atoms with van der Waals surface area (Å²) in [7, 11) is 3.20. The van der Waals surface area contributed by atoms with Crippen LogP contribution in [0.4, 0.5) is 0 Å². The zero-order valence-electron chi connectivity index (χ0n) is 12.9. The number of para-hydroxylation sites is 1. The summed E-state index contributed by atoms with van der Waals surface area (Å²) < 4.78 is 10.7. The van der Waals surface area contributed by atoms with E-state index >= 15 is 0 Å². The highest BCUT2D eigenvalue weighted by Crippen LogP contribution is 2.37. The highest BCUT2D eigenvalue weighted by molar-refractivity contribution is 6.30. The van der Waals surface area contributed by atoms with Crippen molar-refractivity contribution < 1.29 is 9.47 Å². The Morgan fingerprint density at radius 3 is 2.33 bits per heavy atom. The van der Waals surface area contributed by atoms with E-state index in [1.165, 1.54) is 0 Å². The van der Waals surface area contributed by atoms with E-state index in [2.05, 4.69) is 23.8 Å². The van der Waals surface area contributed by atoms with Crippen LogP contribution in [-0.4, -0.2) is 24.2 Å². The van der Waals surface area contributed by atoms with Crippen LogP contribution in [-0.2, 0) is 0 Å². The first-order chi connectivity index (χ1) is 9.99. The van der Waals surface area contributed by atoms with Gasteiger partial charge in [0, 0.05) is 11.3 Å². The standard InChI is InChI=1S/C16H19ClN2O2/c1-9(2)13-10(3)18-16(19-15(13)17)11-7-6-8-12(20-4)14(11)21-5/h6-9H,1-5H3. The largest absolute Gasteiger partial charge is 0.493 e. The third-order valence-electron chi connectivity index (χ3n) is 3.31. The van der Waals surface area contributed by atoms with Crippen molar-refractivity contribution in [3.8, 4) is 22.9 Å². The molecule has 0 saturated heterocycles. The average molecular weight is 307 g/mol. The number of benzene rings is 1. The second kappa shape index (κ2) is 6.31. The first-order valence-electron chi connectivity index (χ1n) is 6.75. The van der Waals surface area contributed by atoms with Crippen LogP contribution in [0.15, 0.2) is 18.2 Å². The minimum Gasteiger partial charge on any atom is -0.493 e. The molecule has 2 aromatic rings. The van der Waals surface area contributed by atoms with Crippen molar-refractivity contribution in [1.29, 1.82) is 0 Å². The van der Waals surface area contributed by atoms with Crippen LogP contribution in [0.3, 0.4) is 0 Å². The molecule has 0 spiro atoms. The summed E-state index contributed by atoms with van der Waals surface area (Å²) in [6.07, 6.45) is 0. The molecule has 0 amide bonds. The fourth-order valence-electron chi connectivity index (χ4n) is 2.39. The van der Waals surface area contributed by atoms with Crippen LogP contribution >= 0.6 is 11.6 Å². The molecule has 0 unspecified atom stereocenters. The maximum Gasteiger partial charge on any atom is 0.171 e. The number of rotatable bonds is 4. The lowest BCUT2D eigenvalue weighted by Gasteiger charge is -2.15. The molecule has 5 heteroatoms. The van der Waals surface area contributed by atoms with Gasteiger partial charge in [0.15, 0.2) is 17.3 Å². The van der Waals surface area contributed by atoms with Crippen molar-refractivity contribution in [2.75, 3.05) is 14.2 Å². The lowest BCUT2D eigenvalue weighted by Crippen LogP contribution is -2.03. The van der Waals surface area contributed by atoms with Crippen LogP contribution in [0.25, 0.3) is 11.4 Å². The molecule has 2 rings (SSSR count). The van der Waals surface area contributed by atoms with Gasteiger partial charge in [0.25, 0.3) is 0 Å². The molecule has 0 N–H and O–H groups in total. The number of nitrogens with zero attached hydrogens (tertiary/aromatic N) is 2. The van der Waals surface area contributed by atoms with E-state index in [9.17, 15) is 0 Å². The number of hydrogen-bond acceptors (Lipinski definition) is 4. The van der Waals surface area contributed by atoms with Crippen molar-refractivity contribution in [1.82, 2.24) is 9.97 Å². The highest BCUT2D eigenvalue weighted by atomic mass is 35.5. The van der Waals surface area contributed by atoms with E-state index in [1.54, 1.807) is 14.2 Å². The molecule has 0 aliphatic heterocycles. The lowest BCUT2D eigenvalue weighted by atomic mass is 10.0. The molecule has 1 aromatic carbocycles. The Kier molecular flexibility index (Phi) is 4.68. The van der Waals surface area contributed by atoms with Crippen molar-refractivity contribution in [3.63, 3.8) is 0 Å². The summed E-state index contributed by atoms with van der Waals surface area (Å²) in [4.78, 5) is 9.01. The fourth-order valence-corrected chi connectivity index (χ4v) is 2.82. The number of ether oxygens (including phenoxy) is 2. The van der Waals surface area contributed by atoms with Gasteiger partial charge >= 0.3 is 0 Å². The number of aromatic nitrogens is 2. The van der Waals surface area contributed by atoms with Crippen molar-refractivity contribution in [3.05, 3.63) is 34.6 Å². The lowest BCUT2D eigenvalue weighted by molar-refractivity contribution is 0.356. The average Bonchev–Trinajstić information content (AvgIpc) is 2.44. The SMILES string of the molecule is COc1cccc(-c2nc(C)c(C(C)C)c(Cl)n2)c1OC. The van der Waals surface area contributed by atoms with E-state index in [0.29, 0.717) is 22.5 Å². The Morgan fingerprint density at radius 1 is 1.10 bits per heavy atom. The third kappa shape index (κ3) is 2.95. The Morgan fingerprint density at radius 2 is 1.81 bits per heavy atom. The van der Waals surface area contributed by atoms with E-state index in [0.717, 1.165) is 16.8 Å². The van der Waals surface area contributed by atoms with Gasteiger partial charge in [-0.2, -0.15) is 0 Å². The van der Waals surface area contributed by atoms with Gasteiger partial charge in [-0.05, 0) is 25.0 Å². The molecule has 0 bridgehead atoms. The van der Waals surface area contributed by atoms with Gasteiger partial charge in [0.05, 0.1) is 19.8 Å². The zero-order chi connectivity index (χ0) is 15.6. The summed E-state index contributed by atoms with van der Waals surface area (Å²) >= 11 is 6.33. The Hall–Kier alpha value is -1.81. The molecular weight excluding hydrogens is 288 g/mol. The van der Waals surface area contributed by atoms with Gasteiger partial charge in [0.2, 0.25) is 0 Å². The Balaban J connectivity index is 2.63. The molecule has 0 atom stereocenters. The van der Waals surface area contributed by atoms with Crippen LogP contribution < -0.4 is 9.47 Å². The molecule has 21 heavy (non-hydrogen) atoms. The number of aryl methyl sites for hydroxylation is 1. The number of hydrogen-bond donors (Lipinski definition) is 0. The van der Waals surface area contributed by atoms with Gasteiger partial charge in [-0.1, -0.05) is 31.5 Å². The van der Waals surface area contributed by atoms with E-state index in [-0.39, 0.29) is 5.92 Å². The van der Waals surface area contributed by atoms with Crippen LogP contribution in [0, 0.1) is 6.92 Å². The second-order valence-electron chi connectivity index (χ2n) is 5.03. The predicted octanol–water partition coefficient (Wildman–Crippen LogP) is 4.25. The first kappa shape index (κ1) is 15.6. The molecular formula is C16H19ClN2O2. The molecule has 0 radical (unpaired) electrons. The van der Waals surface area contributed by atoms with Crippen molar-refractivity contribution in [2.45, 2.75) is 26.7 Å². The van der Waals surface area contributed by atoms with Crippen molar-refractivity contribution >= 4 is 11.6 Å². The molecule has 1 aromatic heterocycles. The molecule has 0 fully saturated rings. The molecule has 1 heterocycles. The summed E-state index contributed by atoms with van der Waals surface area (Å²) in [5, 5.41) is 0.484. The zero-order valence-corrected chi connectivity index (χ0v) is 13.7. The maximum atomic E-state index is 6.33. The highest BCUT2D eigenvalue weighted by Gasteiger charge is 2.18. The van der Waals surface area contributed by atoms with E-state index in [1.807, 2.05) is 25.1 Å².